The minimum absolute atomic E-state index is 0.156. The zero-order valence-electron chi connectivity index (χ0n) is 15.9. The van der Waals surface area contributed by atoms with Gasteiger partial charge in [0.25, 0.3) is 0 Å². The average molecular weight is 383 g/mol. The topological polar surface area (TPSA) is 75.7 Å². The summed E-state index contributed by atoms with van der Waals surface area (Å²) in [6.07, 6.45) is 3.08. The van der Waals surface area contributed by atoms with Crippen LogP contribution < -0.4 is 4.72 Å². The van der Waals surface area contributed by atoms with Crippen LogP contribution in [0.25, 0.3) is 0 Å². The van der Waals surface area contributed by atoms with Crippen LogP contribution in [0.3, 0.4) is 0 Å². The Balaban J connectivity index is 1.75. The van der Waals surface area contributed by atoms with E-state index in [1.165, 1.54) is 37.8 Å². The quantitative estimate of drug-likeness (QED) is 0.552. The highest BCUT2D eigenvalue weighted by molar-refractivity contribution is 7.89. The first-order valence-corrected chi connectivity index (χ1v) is 10.7. The predicted octanol–water partition coefficient (Wildman–Crippen LogP) is 2.51. The van der Waals surface area contributed by atoms with Gasteiger partial charge in [-0.2, -0.15) is 0 Å². The number of rotatable bonds is 8. The Bertz CT molecular complexity index is 678. The molecule has 26 heavy (non-hydrogen) atoms. The molecule has 1 aromatic rings. The Morgan fingerprint density at radius 2 is 1.77 bits per heavy atom. The number of methoxy groups -OCH3 is 1. The summed E-state index contributed by atoms with van der Waals surface area (Å²) in [7, 11) is -2.26. The molecule has 0 radical (unpaired) electrons. The molecule has 1 aromatic carbocycles. The summed E-state index contributed by atoms with van der Waals surface area (Å²) in [5.41, 5.74) is 0.330. The fraction of sp³-hybridized carbons (Fsp3) is 0.632. The van der Waals surface area contributed by atoms with Crippen LogP contribution in [0.5, 0.6) is 0 Å². The Morgan fingerprint density at radius 3 is 2.35 bits per heavy atom. The molecule has 0 aromatic heterocycles. The van der Waals surface area contributed by atoms with Crippen molar-refractivity contribution in [3.8, 4) is 0 Å². The van der Waals surface area contributed by atoms with Crippen molar-refractivity contribution in [1.29, 1.82) is 0 Å². The molecule has 7 heteroatoms. The lowest BCUT2D eigenvalue weighted by atomic mass is 9.92. The standard InChI is InChI=1S/C19H30N2O4S/c1-15-12-16(2)14-21(13-15)11-5-4-10-20-26(23,24)18-8-6-17(7-9-18)19(22)25-3/h6-9,15-16,20H,4-5,10-14H2,1-3H3. The van der Waals surface area contributed by atoms with Gasteiger partial charge in [0.15, 0.2) is 0 Å². The van der Waals surface area contributed by atoms with Crippen LogP contribution >= 0.6 is 0 Å². The van der Waals surface area contributed by atoms with Crippen LogP contribution in [0.4, 0.5) is 0 Å². The molecular formula is C19H30N2O4S. The van der Waals surface area contributed by atoms with E-state index in [1.54, 1.807) is 0 Å². The molecular weight excluding hydrogens is 352 g/mol. The minimum atomic E-state index is -3.55. The van der Waals surface area contributed by atoms with Gasteiger partial charge in [0.1, 0.15) is 0 Å². The third-order valence-corrected chi connectivity index (χ3v) is 6.20. The molecule has 0 aliphatic carbocycles. The molecule has 1 fully saturated rings. The molecule has 0 saturated carbocycles. The van der Waals surface area contributed by atoms with Crippen molar-refractivity contribution in [1.82, 2.24) is 9.62 Å². The maximum atomic E-state index is 12.3. The maximum Gasteiger partial charge on any atom is 0.337 e. The molecule has 0 spiro atoms. The number of piperidine rings is 1. The van der Waals surface area contributed by atoms with E-state index in [2.05, 4.69) is 28.2 Å². The number of sulfonamides is 1. The molecule has 1 aliphatic heterocycles. The lowest BCUT2D eigenvalue weighted by molar-refractivity contribution is 0.0600. The lowest BCUT2D eigenvalue weighted by Crippen LogP contribution is -2.39. The van der Waals surface area contributed by atoms with Gasteiger partial charge in [0, 0.05) is 19.6 Å². The van der Waals surface area contributed by atoms with Crippen molar-refractivity contribution in [2.45, 2.75) is 38.0 Å². The molecule has 6 nitrogen and oxygen atoms in total. The van der Waals surface area contributed by atoms with E-state index < -0.39 is 16.0 Å². The van der Waals surface area contributed by atoms with E-state index >= 15 is 0 Å². The van der Waals surface area contributed by atoms with Gasteiger partial charge in [-0.15, -0.1) is 0 Å². The van der Waals surface area contributed by atoms with Gasteiger partial charge in [0.05, 0.1) is 17.6 Å². The molecule has 1 N–H and O–H groups in total. The number of carbonyl (C=O) groups is 1. The van der Waals surface area contributed by atoms with Crippen LogP contribution in [-0.2, 0) is 14.8 Å². The van der Waals surface area contributed by atoms with Crippen molar-refractivity contribution in [3.05, 3.63) is 29.8 Å². The highest BCUT2D eigenvalue weighted by atomic mass is 32.2. The zero-order chi connectivity index (χ0) is 19.2. The number of unbranched alkanes of at least 4 members (excludes halogenated alkanes) is 1. The van der Waals surface area contributed by atoms with Crippen LogP contribution in [0.15, 0.2) is 29.2 Å². The number of nitrogens with zero attached hydrogens (tertiary/aromatic N) is 1. The fourth-order valence-electron chi connectivity index (χ4n) is 3.61. The predicted molar refractivity (Wildman–Crippen MR) is 102 cm³/mol. The van der Waals surface area contributed by atoms with E-state index in [0.717, 1.165) is 44.3 Å². The molecule has 2 rings (SSSR count). The number of hydrogen-bond donors (Lipinski definition) is 1. The summed E-state index contributed by atoms with van der Waals surface area (Å²) in [5.74, 6) is 0.999. The monoisotopic (exact) mass is 382 g/mol. The number of nitrogens with one attached hydrogen (secondary N) is 1. The molecule has 0 bridgehead atoms. The summed E-state index contributed by atoms with van der Waals surface area (Å²) < 4.78 is 31.8. The molecule has 2 unspecified atom stereocenters. The van der Waals surface area contributed by atoms with Crippen molar-refractivity contribution >= 4 is 16.0 Å². The molecule has 0 amide bonds. The van der Waals surface area contributed by atoms with Gasteiger partial charge < -0.3 is 9.64 Å². The number of ether oxygens (including phenoxy) is 1. The second kappa shape index (κ2) is 9.48. The van der Waals surface area contributed by atoms with E-state index in [9.17, 15) is 13.2 Å². The van der Waals surface area contributed by atoms with Crippen molar-refractivity contribution in [2.24, 2.45) is 11.8 Å². The molecule has 2 atom stereocenters. The van der Waals surface area contributed by atoms with Gasteiger partial charge >= 0.3 is 5.97 Å². The van der Waals surface area contributed by atoms with Gasteiger partial charge in [-0.1, -0.05) is 13.8 Å². The van der Waals surface area contributed by atoms with Crippen LogP contribution in [0, 0.1) is 11.8 Å². The number of esters is 1. The van der Waals surface area contributed by atoms with E-state index in [0.29, 0.717) is 12.1 Å². The largest absolute Gasteiger partial charge is 0.465 e. The van der Waals surface area contributed by atoms with Gasteiger partial charge in [-0.05, 0) is 61.9 Å². The first kappa shape index (κ1) is 20.9. The number of benzene rings is 1. The van der Waals surface area contributed by atoms with E-state index in [4.69, 9.17) is 0 Å². The smallest absolute Gasteiger partial charge is 0.337 e. The minimum Gasteiger partial charge on any atom is -0.465 e. The second-order valence-electron chi connectivity index (χ2n) is 7.33. The highest BCUT2D eigenvalue weighted by Gasteiger charge is 2.21. The molecule has 1 saturated heterocycles. The average Bonchev–Trinajstić information content (AvgIpc) is 2.60. The highest BCUT2D eigenvalue weighted by Crippen LogP contribution is 2.21. The molecule has 1 aliphatic rings. The zero-order valence-corrected chi connectivity index (χ0v) is 16.7. The third-order valence-electron chi connectivity index (χ3n) is 4.72. The van der Waals surface area contributed by atoms with Crippen molar-refractivity contribution < 1.29 is 17.9 Å². The lowest BCUT2D eigenvalue weighted by Gasteiger charge is -2.34. The Labute approximate surface area is 157 Å². The molecule has 1 heterocycles. The fourth-order valence-corrected chi connectivity index (χ4v) is 4.69. The summed E-state index contributed by atoms with van der Waals surface area (Å²) in [5, 5.41) is 0. The summed E-state index contributed by atoms with van der Waals surface area (Å²) in [6, 6.07) is 5.76. The van der Waals surface area contributed by atoms with Gasteiger partial charge in [-0.3, -0.25) is 0 Å². The Morgan fingerprint density at radius 1 is 1.15 bits per heavy atom. The third kappa shape index (κ3) is 6.07. The SMILES string of the molecule is COC(=O)c1ccc(S(=O)(=O)NCCCCN2CC(C)CC(C)C2)cc1. The first-order valence-electron chi connectivity index (χ1n) is 9.22. The summed E-state index contributed by atoms with van der Waals surface area (Å²) in [6.45, 7) is 8.31. The van der Waals surface area contributed by atoms with Gasteiger partial charge in [-0.25, -0.2) is 17.9 Å². The van der Waals surface area contributed by atoms with E-state index in [1.807, 2.05) is 0 Å². The number of likely N-dealkylation sites (tertiary alicyclic amines) is 1. The maximum absolute atomic E-state index is 12.3. The summed E-state index contributed by atoms with van der Waals surface area (Å²) >= 11 is 0. The first-order chi connectivity index (χ1) is 12.3. The van der Waals surface area contributed by atoms with Crippen LogP contribution in [0.2, 0.25) is 0 Å². The molecule has 146 valence electrons. The van der Waals surface area contributed by atoms with Gasteiger partial charge in [0.2, 0.25) is 10.0 Å². The van der Waals surface area contributed by atoms with Crippen molar-refractivity contribution in [2.75, 3.05) is 33.3 Å². The number of hydrogen-bond acceptors (Lipinski definition) is 5. The van der Waals surface area contributed by atoms with E-state index in [-0.39, 0.29) is 4.90 Å². The van der Waals surface area contributed by atoms with Crippen molar-refractivity contribution in [3.63, 3.8) is 0 Å². The number of carbonyl (C=O) groups excluding carboxylic acids is 1. The van der Waals surface area contributed by atoms with Crippen LogP contribution in [0.1, 0.15) is 43.5 Å². The van der Waals surface area contributed by atoms with Crippen LogP contribution in [-0.4, -0.2) is 52.6 Å². The Hall–Kier alpha value is -1.44. The normalized spacial score (nSPS) is 21.5. The summed E-state index contributed by atoms with van der Waals surface area (Å²) in [4.78, 5) is 14.0. The Kier molecular flexibility index (Phi) is 7.61. The second-order valence-corrected chi connectivity index (χ2v) is 9.09.